The molecule has 1 amide bonds. The third-order valence-corrected chi connectivity index (χ3v) is 12.9. The van der Waals surface area contributed by atoms with Gasteiger partial charge in [0.25, 0.3) is 0 Å². The molecule has 42 heavy (non-hydrogen) atoms. The second-order valence-corrected chi connectivity index (χ2v) is 16.3. The van der Waals surface area contributed by atoms with Crippen LogP contribution in [0.15, 0.2) is 117 Å². The van der Waals surface area contributed by atoms with Crippen LogP contribution in [0.5, 0.6) is 0 Å². The number of carboxylic acids is 1. The quantitative estimate of drug-likeness (QED) is 0.239. The number of carbonyl (C=O) groups is 2. The molecule has 0 saturated heterocycles. The van der Waals surface area contributed by atoms with Crippen molar-refractivity contribution in [3.63, 3.8) is 0 Å². The van der Waals surface area contributed by atoms with Gasteiger partial charge < -0.3 is 15.2 Å². The van der Waals surface area contributed by atoms with E-state index in [4.69, 9.17) is 4.74 Å². The van der Waals surface area contributed by atoms with Gasteiger partial charge in [-0.25, -0.2) is 9.59 Å². The van der Waals surface area contributed by atoms with Crippen LogP contribution in [0.25, 0.3) is 11.1 Å². The summed E-state index contributed by atoms with van der Waals surface area (Å²) in [5, 5.41) is 12.9. The molecule has 0 saturated carbocycles. The summed E-state index contributed by atoms with van der Waals surface area (Å²) in [5.74, 6) is -1.10. The van der Waals surface area contributed by atoms with Gasteiger partial charge in [-0.15, -0.1) is 0 Å². The van der Waals surface area contributed by atoms with Gasteiger partial charge in [0, 0.05) is 60.8 Å². The van der Waals surface area contributed by atoms with Crippen molar-refractivity contribution in [2.24, 2.45) is 0 Å². The number of rotatable bonds is 9. The number of ether oxygens (including phenoxy) is 1. The first-order valence-electron chi connectivity index (χ1n) is 13.1. The van der Waals surface area contributed by atoms with Crippen molar-refractivity contribution in [3.05, 3.63) is 108 Å². The SMILES string of the molecule is CS(=O)c1ccc(S(C)(C[C@H](NC(=O)OC2c3ccccc3-c3ccccc32)C(=O)O)c2ccc(S(C)=O)cc2)cc1. The Labute approximate surface area is 251 Å². The number of aliphatic carboxylic acids is 1. The summed E-state index contributed by atoms with van der Waals surface area (Å²) in [7, 11) is -4.38. The number of hydrogen-bond donors (Lipinski definition) is 2. The van der Waals surface area contributed by atoms with Crippen LogP contribution in [0.3, 0.4) is 0 Å². The van der Waals surface area contributed by atoms with Crippen molar-refractivity contribution >= 4 is 43.7 Å². The number of nitrogens with one attached hydrogen (secondary N) is 1. The second kappa shape index (κ2) is 12.2. The van der Waals surface area contributed by atoms with E-state index in [1.54, 1.807) is 36.8 Å². The van der Waals surface area contributed by atoms with E-state index in [1.165, 1.54) is 0 Å². The molecule has 4 aromatic carbocycles. The minimum absolute atomic E-state index is 0.0817. The smallest absolute Gasteiger partial charge is 0.408 e. The first kappa shape index (κ1) is 29.8. The number of benzene rings is 4. The van der Waals surface area contributed by atoms with E-state index in [-0.39, 0.29) is 5.75 Å². The fourth-order valence-electron chi connectivity index (χ4n) is 5.22. The van der Waals surface area contributed by atoms with E-state index in [2.05, 4.69) is 5.32 Å². The topological polar surface area (TPSA) is 110 Å². The number of alkyl carbamates (subject to hydrolysis) is 1. The molecule has 3 atom stereocenters. The molecular weight excluding hydrogens is 591 g/mol. The first-order chi connectivity index (χ1) is 20.1. The summed E-state index contributed by atoms with van der Waals surface area (Å²) >= 11 is 0. The molecule has 0 bridgehead atoms. The van der Waals surface area contributed by atoms with Crippen molar-refractivity contribution in [3.8, 4) is 11.1 Å². The molecule has 10 heteroatoms. The zero-order valence-electron chi connectivity index (χ0n) is 23.3. The van der Waals surface area contributed by atoms with Gasteiger partial charge in [-0.05, 0) is 75.7 Å². The van der Waals surface area contributed by atoms with Crippen LogP contribution in [0, 0.1) is 0 Å². The van der Waals surface area contributed by atoms with Crippen LogP contribution in [-0.2, 0) is 31.1 Å². The first-order valence-corrected chi connectivity index (χ1v) is 18.4. The average Bonchev–Trinajstić information content (AvgIpc) is 3.30. The van der Waals surface area contributed by atoms with E-state index in [9.17, 15) is 23.1 Å². The maximum Gasteiger partial charge on any atom is 0.408 e. The Bertz CT molecular complexity index is 1580. The molecule has 0 aromatic heterocycles. The Kier molecular flexibility index (Phi) is 8.68. The highest BCUT2D eigenvalue weighted by molar-refractivity contribution is 8.33. The third kappa shape index (κ3) is 5.92. The van der Waals surface area contributed by atoms with Crippen LogP contribution < -0.4 is 5.32 Å². The minimum Gasteiger partial charge on any atom is -0.480 e. The molecule has 0 spiro atoms. The molecule has 7 nitrogen and oxygen atoms in total. The predicted octanol–water partition coefficient (Wildman–Crippen LogP) is 5.96. The number of carbonyl (C=O) groups excluding carboxylic acids is 1. The maximum atomic E-state index is 13.3. The third-order valence-electron chi connectivity index (χ3n) is 7.44. The molecule has 0 radical (unpaired) electrons. The molecule has 2 N–H and O–H groups in total. The van der Waals surface area contributed by atoms with E-state index < -0.39 is 55.8 Å². The Balaban J connectivity index is 1.44. The average molecular weight is 622 g/mol. The fourth-order valence-corrected chi connectivity index (χ4v) is 9.28. The number of carboxylic acid groups (broad SMARTS) is 1. The summed E-state index contributed by atoms with van der Waals surface area (Å²) in [6.07, 6.45) is 3.70. The Hall–Kier alpha value is -3.73. The van der Waals surface area contributed by atoms with Crippen LogP contribution in [0.4, 0.5) is 4.79 Å². The van der Waals surface area contributed by atoms with Crippen molar-refractivity contribution < 1.29 is 27.9 Å². The van der Waals surface area contributed by atoms with E-state index >= 15 is 0 Å². The van der Waals surface area contributed by atoms with Gasteiger partial charge in [0.1, 0.15) is 6.04 Å². The molecule has 0 fully saturated rings. The van der Waals surface area contributed by atoms with Gasteiger partial charge in [0.05, 0.1) is 0 Å². The second-order valence-electron chi connectivity index (χ2n) is 10.1. The van der Waals surface area contributed by atoms with Crippen molar-refractivity contribution in [1.82, 2.24) is 5.32 Å². The highest BCUT2D eigenvalue weighted by Gasteiger charge is 2.35. The van der Waals surface area contributed by atoms with Gasteiger partial charge in [-0.1, -0.05) is 48.5 Å². The summed E-state index contributed by atoms with van der Waals surface area (Å²) < 4.78 is 29.9. The van der Waals surface area contributed by atoms with Gasteiger partial charge in [0.2, 0.25) is 0 Å². The van der Waals surface area contributed by atoms with Gasteiger partial charge >= 0.3 is 12.1 Å². The largest absolute Gasteiger partial charge is 0.480 e. The summed E-state index contributed by atoms with van der Waals surface area (Å²) in [6, 6.07) is 28.7. The molecule has 2 unspecified atom stereocenters. The molecule has 4 aromatic rings. The predicted molar refractivity (Wildman–Crippen MR) is 167 cm³/mol. The summed E-state index contributed by atoms with van der Waals surface area (Å²) in [5.41, 5.74) is 3.65. The van der Waals surface area contributed by atoms with Crippen molar-refractivity contribution in [2.75, 3.05) is 24.5 Å². The van der Waals surface area contributed by atoms with Crippen LogP contribution >= 0.6 is 10.0 Å². The highest BCUT2D eigenvalue weighted by atomic mass is 32.3. The summed E-state index contributed by atoms with van der Waals surface area (Å²) in [4.78, 5) is 28.9. The van der Waals surface area contributed by atoms with E-state index in [0.717, 1.165) is 32.0 Å². The molecule has 0 aliphatic heterocycles. The Morgan fingerprint density at radius 3 is 1.62 bits per heavy atom. The van der Waals surface area contributed by atoms with E-state index in [1.807, 2.05) is 79.1 Å². The number of amides is 1. The lowest BCUT2D eigenvalue weighted by Gasteiger charge is -2.39. The molecule has 1 aliphatic carbocycles. The summed E-state index contributed by atoms with van der Waals surface area (Å²) in [6.45, 7) is 0. The van der Waals surface area contributed by atoms with Crippen LogP contribution in [0.2, 0.25) is 0 Å². The van der Waals surface area contributed by atoms with Crippen LogP contribution in [-0.4, -0.2) is 56.1 Å². The standard InChI is InChI=1S/C32H31NO6S3/c1-40(37)21-12-16-23(17-13-21)42(3,24-18-14-22(15-19-24)41(2)38)20-29(31(34)35)33-32(36)39-30-27-10-6-4-8-25(27)26-9-5-7-11-28(26)30/h4-19,29-30H,20H2,1-3H3,(H,33,36)(H,34,35)/t29-,40?,41?/m0/s1. The van der Waals surface area contributed by atoms with Crippen molar-refractivity contribution in [1.29, 1.82) is 0 Å². The lowest BCUT2D eigenvalue weighted by atomic mass is 10.1. The lowest BCUT2D eigenvalue weighted by Crippen LogP contribution is -2.45. The molecule has 5 rings (SSSR count). The zero-order valence-corrected chi connectivity index (χ0v) is 25.8. The van der Waals surface area contributed by atoms with Gasteiger partial charge in [0.15, 0.2) is 6.10 Å². The number of fused-ring (bicyclic) bond motifs is 3. The van der Waals surface area contributed by atoms with Crippen molar-refractivity contribution in [2.45, 2.75) is 31.7 Å². The van der Waals surface area contributed by atoms with E-state index in [0.29, 0.717) is 9.79 Å². The van der Waals surface area contributed by atoms with Crippen LogP contribution in [0.1, 0.15) is 17.2 Å². The van der Waals surface area contributed by atoms with Gasteiger partial charge in [-0.2, -0.15) is 10.0 Å². The molecule has 0 heterocycles. The Morgan fingerprint density at radius 1 is 0.786 bits per heavy atom. The van der Waals surface area contributed by atoms with Gasteiger partial charge in [-0.3, -0.25) is 8.42 Å². The molecule has 218 valence electrons. The normalized spacial score (nSPS) is 16.6. The number of hydrogen-bond acceptors (Lipinski definition) is 5. The minimum atomic E-state index is -2.04. The fraction of sp³-hybridized carbons (Fsp3) is 0.188. The maximum absolute atomic E-state index is 13.3. The lowest BCUT2D eigenvalue weighted by molar-refractivity contribution is -0.138. The monoisotopic (exact) mass is 621 g/mol. The Morgan fingerprint density at radius 2 is 1.21 bits per heavy atom. The zero-order chi connectivity index (χ0) is 30.0. The highest BCUT2D eigenvalue weighted by Crippen LogP contribution is 2.60. The molecular formula is C32H31NO6S3. The molecule has 1 aliphatic rings.